The molecule has 3 aliphatic heterocycles. The van der Waals surface area contributed by atoms with E-state index in [9.17, 15) is 22.8 Å². The molecule has 4 heterocycles. The number of halogens is 3. The van der Waals surface area contributed by atoms with E-state index in [0.717, 1.165) is 17.3 Å². The summed E-state index contributed by atoms with van der Waals surface area (Å²) in [6.07, 6.45) is -1.61. The van der Waals surface area contributed by atoms with Crippen LogP contribution in [0.2, 0.25) is 0 Å². The molecule has 3 aliphatic rings. The Hall–Kier alpha value is -2.30. The fourth-order valence-electron chi connectivity index (χ4n) is 4.77. The lowest BCUT2D eigenvalue weighted by Crippen LogP contribution is -2.48. The van der Waals surface area contributed by atoms with Gasteiger partial charge in [-0.05, 0) is 38.5 Å². The molecule has 11 heteroatoms. The predicted molar refractivity (Wildman–Crippen MR) is 104 cm³/mol. The minimum absolute atomic E-state index is 0.00893. The first-order chi connectivity index (χ1) is 14.8. The number of carbonyl (C=O) groups is 2. The van der Waals surface area contributed by atoms with Gasteiger partial charge in [0, 0.05) is 25.7 Å². The number of likely N-dealkylation sites (tertiary alicyclic amines) is 1. The monoisotopic (exact) mass is 444 g/mol. The molecule has 8 nitrogen and oxygen atoms in total. The van der Waals surface area contributed by atoms with Crippen LogP contribution in [0.3, 0.4) is 0 Å². The van der Waals surface area contributed by atoms with Crippen molar-refractivity contribution in [2.24, 2.45) is 11.8 Å². The standard InChI is InChI=1S/C20H27F3N4O4/c1-2-31-19(29)14-10-24-27-16(20(21,22)23)9-15(25-17(14)27)12-3-6-26(7-4-12)18(28)13-5-8-30-11-13/h10,12-13,15-16,25H,2-9,11H2,1H3/t13?,15-,16+/m0/s1. The quantitative estimate of drug-likeness (QED) is 0.719. The van der Waals surface area contributed by atoms with Gasteiger partial charge in [-0.25, -0.2) is 9.48 Å². The zero-order valence-corrected chi connectivity index (χ0v) is 17.4. The number of hydrogen-bond donors (Lipinski definition) is 1. The Balaban J connectivity index is 1.48. The zero-order chi connectivity index (χ0) is 22.2. The number of fused-ring (bicyclic) bond motifs is 1. The number of alkyl halides is 3. The van der Waals surface area contributed by atoms with Gasteiger partial charge in [-0.1, -0.05) is 0 Å². The van der Waals surface area contributed by atoms with Gasteiger partial charge in [0.1, 0.15) is 11.4 Å². The molecule has 172 valence electrons. The number of hydrogen-bond acceptors (Lipinski definition) is 6. The van der Waals surface area contributed by atoms with Gasteiger partial charge in [-0.2, -0.15) is 18.3 Å². The lowest BCUT2D eigenvalue weighted by atomic mass is 9.84. The number of nitrogens with one attached hydrogen (secondary N) is 1. The zero-order valence-electron chi connectivity index (χ0n) is 17.4. The average molecular weight is 444 g/mol. The van der Waals surface area contributed by atoms with E-state index in [0.29, 0.717) is 39.1 Å². The molecule has 31 heavy (non-hydrogen) atoms. The van der Waals surface area contributed by atoms with E-state index in [1.165, 1.54) is 0 Å². The third kappa shape index (κ3) is 4.37. The first-order valence-electron chi connectivity index (χ1n) is 10.7. The highest BCUT2D eigenvalue weighted by atomic mass is 19.4. The van der Waals surface area contributed by atoms with E-state index in [2.05, 4.69) is 10.4 Å². The van der Waals surface area contributed by atoms with Crippen LogP contribution in [-0.4, -0.2) is 71.7 Å². The summed E-state index contributed by atoms with van der Waals surface area (Å²) in [4.78, 5) is 26.6. The molecule has 1 unspecified atom stereocenters. The number of rotatable bonds is 4. The summed E-state index contributed by atoms with van der Waals surface area (Å²) in [5, 5.41) is 6.97. The number of ether oxygens (including phenoxy) is 2. The molecule has 2 fully saturated rings. The number of carbonyl (C=O) groups excluding carboxylic acids is 2. The normalized spacial score (nSPS) is 27.0. The van der Waals surface area contributed by atoms with Gasteiger partial charge < -0.3 is 19.7 Å². The molecule has 1 amide bonds. The Morgan fingerprint density at radius 1 is 1.29 bits per heavy atom. The molecular weight excluding hydrogens is 417 g/mol. The molecule has 0 spiro atoms. The molecule has 4 rings (SSSR count). The fourth-order valence-corrected chi connectivity index (χ4v) is 4.77. The van der Waals surface area contributed by atoms with Gasteiger partial charge in [0.2, 0.25) is 5.91 Å². The van der Waals surface area contributed by atoms with Crippen molar-refractivity contribution >= 4 is 17.7 Å². The molecular formula is C20H27F3N4O4. The van der Waals surface area contributed by atoms with Crippen LogP contribution in [0.25, 0.3) is 0 Å². The number of esters is 1. The summed E-state index contributed by atoms with van der Waals surface area (Å²) in [5.41, 5.74) is 0.00893. The van der Waals surface area contributed by atoms with E-state index in [-0.39, 0.29) is 42.2 Å². The van der Waals surface area contributed by atoms with Crippen molar-refractivity contribution in [2.45, 2.75) is 50.9 Å². The van der Waals surface area contributed by atoms with Crippen LogP contribution in [0.15, 0.2) is 6.20 Å². The third-order valence-corrected chi connectivity index (χ3v) is 6.46. The first kappa shape index (κ1) is 21.9. The maximum absolute atomic E-state index is 13.8. The first-order valence-corrected chi connectivity index (χ1v) is 10.7. The van der Waals surface area contributed by atoms with E-state index in [1.807, 2.05) is 0 Å². The summed E-state index contributed by atoms with van der Waals surface area (Å²) in [7, 11) is 0. The van der Waals surface area contributed by atoms with Gasteiger partial charge in [0.05, 0.1) is 25.3 Å². The molecule has 3 atom stereocenters. The predicted octanol–water partition coefficient (Wildman–Crippen LogP) is 2.62. The summed E-state index contributed by atoms with van der Waals surface area (Å²) in [6, 6.07) is -2.29. The molecule has 0 aliphatic carbocycles. The van der Waals surface area contributed by atoms with Crippen molar-refractivity contribution in [1.29, 1.82) is 0 Å². The number of anilines is 1. The van der Waals surface area contributed by atoms with Crippen molar-refractivity contribution in [1.82, 2.24) is 14.7 Å². The Morgan fingerprint density at radius 3 is 2.65 bits per heavy atom. The summed E-state index contributed by atoms with van der Waals surface area (Å²) in [6.45, 7) is 3.81. The number of aromatic nitrogens is 2. The summed E-state index contributed by atoms with van der Waals surface area (Å²) >= 11 is 0. The van der Waals surface area contributed by atoms with Crippen LogP contribution in [0.1, 0.15) is 49.0 Å². The average Bonchev–Trinajstić information content (AvgIpc) is 3.42. The molecule has 0 bridgehead atoms. The van der Waals surface area contributed by atoms with Gasteiger partial charge in [0.15, 0.2) is 6.04 Å². The largest absolute Gasteiger partial charge is 0.462 e. The van der Waals surface area contributed by atoms with E-state index < -0.39 is 24.2 Å². The molecule has 0 saturated carbocycles. The number of amides is 1. The minimum atomic E-state index is -4.49. The maximum Gasteiger partial charge on any atom is 0.410 e. The second-order valence-electron chi connectivity index (χ2n) is 8.34. The highest BCUT2D eigenvalue weighted by Gasteiger charge is 2.48. The van der Waals surface area contributed by atoms with Crippen LogP contribution < -0.4 is 5.32 Å². The molecule has 1 N–H and O–H groups in total. The van der Waals surface area contributed by atoms with Gasteiger partial charge in [-0.15, -0.1) is 0 Å². The molecule has 2 saturated heterocycles. The highest BCUT2D eigenvalue weighted by molar-refractivity contribution is 5.94. The summed E-state index contributed by atoms with van der Waals surface area (Å²) < 4.78 is 52.5. The molecule has 1 aromatic rings. The maximum atomic E-state index is 13.8. The lowest BCUT2D eigenvalue weighted by molar-refractivity contribution is -0.174. The van der Waals surface area contributed by atoms with E-state index >= 15 is 0 Å². The molecule has 0 aromatic carbocycles. The van der Waals surface area contributed by atoms with Crippen LogP contribution in [0.4, 0.5) is 19.0 Å². The van der Waals surface area contributed by atoms with Gasteiger partial charge in [0.25, 0.3) is 0 Å². The SMILES string of the molecule is CCOC(=O)c1cnn2c1N[C@H](C1CCN(C(=O)C3CCOC3)CC1)C[C@@H]2C(F)(F)F. The van der Waals surface area contributed by atoms with Crippen molar-refractivity contribution in [3.8, 4) is 0 Å². The van der Waals surface area contributed by atoms with E-state index in [4.69, 9.17) is 9.47 Å². The van der Waals surface area contributed by atoms with Crippen LogP contribution in [0, 0.1) is 11.8 Å². The fraction of sp³-hybridized carbons (Fsp3) is 0.750. The van der Waals surface area contributed by atoms with Crippen LogP contribution in [0.5, 0.6) is 0 Å². The number of piperidine rings is 1. The molecule has 1 aromatic heterocycles. The molecule has 0 radical (unpaired) electrons. The Kier molecular flexibility index (Phi) is 6.14. The summed E-state index contributed by atoms with van der Waals surface area (Å²) in [5.74, 6) is -0.730. The van der Waals surface area contributed by atoms with Crippen LogP contribution in [-0.2, 0) is 14.3 Å². The highest BCUT2D eigenvalue weighted by Crippen LogP contribution is 2.43. The van der Waals surface area contributed by atoms with Gasteiger partial charge >= 0.3 is 12.1 Å². The topological polar surface area (TPSA) is 85.7 Å². The number of nitrogens with zero attached hydrogens (tertiary/aromatic N) is 3. The van der Waals surface area contributed by atoms with Crippen molar-refractivity contribution in [2.75, 3.05) is 38.2 Å². The Bertz CT molecular complexity index is 814. The van der Waals surface area contributed by atoms with Crippen molar-refractivity contribution in [3.63, 3.8) is 0 Å². The lowest BCUT2D eigenvalue weighted by Gasteiger charge is -2.41. The van der Waals surface area contributed by atoms with Gasteiger partial charge in [-0.3, -0.25) is 4.79 Å². The third-order valence-electron chi connectivity index (χ3n) is 6.46. The Labute approximate surface area is 178 Å². The van der Waals surface area contributed by atoms with E-state index in [1.54, 1.807) is 11.8 Å². The van der Waals surface area contributed by atoms with Crippen molar-refractivity contribution < 1.29 is 32.2 Å². The second kappa shape index (κ2) is 8.68. The Morgan fingerprint density at radius 2 is 2.03 bits per heavy atom. The van der Waals surface area contributed by atoms with Crippen molar-refractivity contribution in [3.05, 3.63) is 11.8 Å². The second-order valence-corrected chi connectivity index (χ2v) is 8.34. The van der Waals surface area contributed by atoms with Crippen LogP contribution >= 0.6 is 0 Å². The smallest absolute Gasteiger partial charge is 0.410 e. The minimum Gasteiger partial charge on any atom is -0.462 e.